The molecule has 1 aliphatic heterocycles. The van der Waals surface area contributed by atoms with Crippen molar-refractivity contribution in [3.8, 4) is 11.4 Å². The second-order valence-corrected chi connectivity index (χ2v) is 7.87. The van der Waals surface area contributed by atoms with Gasteiger partial charge in [-0.3, -0.25) is 9.20 Å². The largest absolute Gasteiger partial charge is 0.393 e. The molecule has 5 rings (SSSR count). The number of hydrogen-bond donors (Lipinski definition) is 1. The van der Waals surface area contributed by atoms with E-state index in [-0.39, 0.29) is 22.8 Å². The Labute approximate surface area is 185 Å². The summed E-state index contributed by atoms with van der Waals surface area (Å²) >= 11 is 0. The van der Waals surface area contributed by atoms with Crippen LogP contribution in [0.3, 0.4) is 0 Å². The predicted octanol–water partition coefficient (Wildman–Crippen LogP) is 4.16. The minimum absolute atomic E-state index is 0.0732. The number of aromatic nitrogens is 4. The normalized spacial score (nSPS) is 14.4. The number of pyridine rings is 1. The summed E-state index contributed by atoms with van der Waals surface area (Å²) in [7, 11) is 0. The van der Waals surface area contributed by atoms with E-state index in [4.69, 9.17) is 9.26 Å². The van der Waals surface area contributed by atoms with E-state index in [2.05, 4.69) is 20.4 Å². The molecule has 0 unspecified atom stereocenters. The molecular weight excluding hydrogens is 439 g/mol. The van der Waals surface area contributed by atoms with E-state index in [0.717, 1.165) is 5.56 Å². The van der Waals surface area contributed by atoms with Crippen LogP contribution in [0.2, 0.25) is 0 Å². The van der Waals surface area contributed by atoms with Crippen molar-refractivity contribution in [1.82, 2.24) is 19.5 Å². The fourth-order valence-corrected chi connectivity index (χ4v) is 3.51. The molecule has 3 aromatic heterocycles. The Hall–Kier alpha value is -3.73. The van der Waals surface area contributed by atoms with Crippen molar-refractivity contribution in [1.29, 1.82) is 0 Å². The molecular formula is C22H18F3N5O3. The van der Waals surface area contributed by atoms with E-state index in [1.807, 2.05) is 19.1 Å². The molecule has 1 saturated heterocycles. The first-order chi connectivity index (χ1) is 15.8. The van der Waals surface area contributed by atoms with Gasteiger partial charge in [-0.05, 0) is 36.2 Å². The van der Waals surface area contributed by atoms with Gasteiger partial charge in [0.15, 0.2) is 0 Å². The van der Waals surface area contributed by atoms with Gasteiger partial charge in [-0.2, -0.15) is 18.2 Å². The van der Waals surface area contributed by atoms with Crippen LogP contribution in [-0.4, -0.2) is 44.8 Å². The first-order valence-corrected chi connectivity index (χ1v) is 10.1. The van der Waals surface area contributed by atoms with Crippen molar-refractivity contribution in [2.75, 3.05) is 18.5 Å². The number of fused-ring (bicyclic) bond motifs is 1. The third kappa shape index (κ3) is 4.31. The molecule has 0 bridgehead atoms. The number of hydrogen-bond acceptors (Lipinski definition) is 6. The molecule has 8 nitrogen and oxygen atoms in total. The smallest absolute Gasteiger partial charge is 0.380 e. The maximum Gasteiger partial charge on any atom is 0.393 e. The number of nitrogens with one attached hydrogen (secondary N) is 1. The molecule has 0 atom stereocenters. The molecule has 0 saturated carbocycles. The fourth-order valence-electron chi connectivity index (χ4n) is 3.51. The molecule has 4 aromatic rings. The fraction of sp³-hybridized carbons (Fsp3) is 0.273. The van der Waals surface area contributed by atoms with Crippen LogP contribution in [0.5, 0.6) is 0 Å². The van der Waals surface area contributed by atoms with Crippen molar-refractivity contribution in [3.63, 3.8) is 0 Å². The molecule has 11 heteroatoms. The van der Waals surface area contributed by atoms with Crippen LogP contribution in [0.1, 0.15) is 33.4 Å². The number of carbonyl (C=O) groups excluding carboxylic acids is 1. The summed E-state index contributed by atoms with van der Waals surface area (Å²) in [6.07, 6.45) is -2.64. The molecule has 1 fully saturated rings. The number of nitrogens with zero attached hydrogens (tertiary/aromatic N) is 4. The predicted molar refractivity (Wildman–Crippen MR) is 111 cm³/mol. The molecule has 1 aromatic carbocycles. The Kier molecular flexibility index (Phi) is 5.12. The van der Waals surface area contributed by atoms with Crippen molar-refractivity contribution >= 4 is 17.2 Å². The number of anilines is 1. The van der Waals surface area contributed by atoms with E-state index < -0.39 is 18.5 Å². The van der Waals surface area contributed by atoms with E-state index in [1.165, 1.54) is 28.9 Å². The topological polar surface area (TPSA) is 94.5 Å². The van der Waals surface area contributed by atoms with Crippen LogP contribution in [0.4, 0.5) is 18.9 Å². The lowest BCUT2D eigenvalue weighted by Gasteiger charge is -2.21. The second-order valence-electron chi connectivity index (χ2n) is 7.87. The van der Waals surface area contributed by atoms with Crippen LogP contribution in [-0.2, 0) is 11.2 Å². The quantitative estimate of drug-likeness (QED) is 0.484. The van der Waals surface area contributed by atoms with Gasteiger partial charge in [0.05, 0.1) is 31.7 Å². The summed E-state index contributed by atoms with van der Waals surface area (Å²) in [5, 5.41) is 6.85. The Morgan fingerprint density at radius 3 is 2.79 bits per heavy atom. The van der Waals surface area contributed by atoms with Crippen molar-refractivity contribution < 1.29 is 27.2 Å². The number of ether oxygens (including phenoxy) is 1. The van der Waals surface area contributed by atoms with Gasteiger partial charge in [0.2, 0.25) is 11.7 Å². The third-order valence-corrected chi connectivity index (χ3v) is 5.39. The van der Waals surface area contributed by atoms with E-state index in [0.29, 0.717) is 36.2 Å². The lowest BCUT2D eigenvalue weighted by Crippen LogP contribution is -2.25. The molecule has 33 heavy (non-hydrogen) atoms. The zero-order valence-electron chi connectivity index (χ0n) is 17.4. The van der Waals surface area contributed by atoms with Gasteiger partial charge >= 0.3 is 6.18 Å². The minimum Gasteiger partial charge on any atom is -0.380 e. The maximum atomic E-state index is 12.9. The number of amides is 1. The Bertz CT molecular complexity index is 1340. The summed E-state index contributed by atoms with van der Waals surface area (Å²) < 4.78 is 49.9. The van der Waals surface area contributed by atoms with Gasteiger partial charge in [-0.15, -0.1) is 0 Å². The minimum atomic E-state index is -4.32. The second kappa shape index (κ2) is 8.00. The highest BCUT2D eigenvalue weighted by molar-refractivity contribution is 6.04. The molecule has 0 radical (unpaired) electrons. The van der Waals surface area contributed by atoms with Crippen LogP contribution >= 0.6 is 0 Å². The number of halogens is 3. The first-order valence-electron chi connectivity index (χ1n) is 10.1. The highest BCUT2D eigenvalue weighted by atomic mass is 19.4. The van der Waals surface area contributed by atoms with Gasteiger partial charge in [0.25, 0.3) is 5.91 Å². The first kappa shape index (κ1) is 21.1. The highest BCUT2D eigenvalue weighted by Gasteiger charge is 2.28. The monoisotopic (exact) mass is 457 g/mol. The molecule has 1 N–H and O–H groups in total. The van der Waals surface area contributed by atoms with E-state index in [1.54, 1.807) is 6.07 Å². The van der Waals surface area contributed by atoms with Crippen LogP contribution < -0.4 is 5.32 Å². The zero-order chi connectivity index (χ0) is 23.2. The summed E-state index contributed by atoms with van der Waals surface area (Å²) in [6, 6.07) is 8.03. The third-order valence-electron chi connectivity index (χ3n) is 5.39. The van der Waals surface area contributed by atoms with E-state index >= 15 is 0 Å². The number of carbonyl (C=O) groups is 1. The summed E-state index contributed by atoms with van der Waals surface area (Å²) in [5.41, 5.74) is 2.54. The SMILES string of the molecule is Cc1ccc(-c2noc(C3COC3)n2)cc1NC(=O)c1cnc2cc(CC(F)(F)F)ccn12. The number of aryl methyl sites for hydroxylation is 1. The zero-order valence-corrected chi connectivity index (χ0v) is 17.4. The van der Waals surface area contributed by atoms with Crippen molar-refractivity contribution in [3.05, 3.63) is 65.4 Å². The molecule has 170 valence electrons. The van der Waals surface area contributed by atoms with Gasteiger partial charge in [-0.1, -0.05) is 17.3 Å². The number of benzene rings is 1. The lowest BCUT2D eigenvalue weighted by atomic mass is 10.1. The summed E-state index contributed by atoms with van der Waals surface area (Å²) in [6.45, 7) is 2.94. The number of imidazole rings is 1. The standard InChI is InChI=1S/C22H18F3N5O3/c1-12-2-3-14(19-28-21(33-29-19)15-10-32-11-15)7-16(12)27-20(31)17-9-26-18-6-13(4-5-30(17)18)8-22(23,24)25/h2-7,9,15H,8,10-11H2,1H3,(H,27,31). The van der Waals surface area contributed by atoms with Gasteiger partial charge in [0.1, 0.15) is 11.3 Å². The summed E-state index contributed by atoms with van der Waals surface area (Å²) in [4.78, 5) is 21.4. The van der Waals surface area contributed by atoms with Gasteiger partial charge in [-0.25, -0.2) is 4.98 Å². The van der Waals surface area contributed by atoms with Crippen LogP contribution in [0.15, 0.2) is 47.2 Å². The Balaban J connectivity index is 1.37. The van der Waals surface area contributed by atoms with Crippen LogP contribution in [0, 0.1) is 6.92 Å². The lowest BCUT2D eigenvalue weighted by molar-refractivity contribution is -0.127. The molecule has 4 heterocycles. The van der Waals surface area contributed by atoms with Crippen LogP contribution in [0.25, 0.3) is 17.0 Å². The number of alkyl halides is 3. The molecule has 1 amide bonds. The number of rotatable bonds is 5. The summed E-state index contributed by atoms with van der Waals surface area (Å²) in [5.74, 6) is 0.562. The van der Waals surface area contributed by atoms with Gasteiger partial charge < -0.3 is 14.6 Å². The van der Waals surface area contributed by atoms with Crippen molar-refractivity contribution in [2.45, 2.75) is 25.4 Å². The molecule has 0 spiro atoms. The van der Waals surface area contributed by atoms with Gasteiger partial charge in [0, 0.05) is 17.4 Å². The Morgan fingerprint density at radius 2 is 2.06 bits per heavy atom. The maximum absolute atomic E-state index is 12.9. The molecule has 0 aliphatic carbocycles. The highest BCUT2D eigenvalue weighted by Crippen LogP contribution is 2.28. The molecule has 1 aliphatic rings. The van der Waals surface area contributed by atoms with E-state index in [9.17, 15) is 18.0 Å². The average molecular weight is 457 g/mol. The Morgan fingerprint density at radius 1 is 1.24 bits per heavy atom. The van der Waals surface area contributed by atoms with Crippen molar-refractivity contribution in [2.24, 2.45) is 0 Å². The average Bonchev–Trinajstić information content (AvgIpc) is 3.34.